The number of carbonyl (C=O) groups is 3. The molecule has 7 nitrogen and oxygen atoms in total. The van der Waals surface area contributed by atoms with E-state index in [1.165, 1.54) is 18.2 Å². The van der Waals surface area contributed by atoms with Gasteiger partial charge in [0.2, 0.25) is 0 Å². The maximum atomic E-state index is 11.7. The lowest BCUT2D eigenvalue weighted by molar-refractivity contribution is -0.134. The molecule has 0 atom stereocenters. The fourth-order valence-corrected chi connectivity index (χ4v) is 1.66. The van der Waals surface area contributed by atoms with Gasteiger partial charge in [-0.2, -0.15) is 0 Å². The smallest absolute Gasteiger partial charge is 0.412 e. The highest BCUT2D eigenvalue weighted by Crippen LogP contribution is 2.24. The van der Waals surface area contributed by atoms with E-state index in [-0.39, 0.29) is 23.4 Å². The highest BCUT2D eigenvalue weighted by molar-refractivity contribution is 5.95. The van der Waals surface area contributed by atoms with E-state index in [0.717, 1.165) is 0 Å². The number of carbonyl (C=O) groups excluding carboxylic acids is 2. The summed E-state index contributed by atoms with van der Waals surface area (Å²) in [6.07, 6.45) is 0.0841. The van der Waals surface area contributed by atoms with Gasteiger partial charge in [-0.25, -0.2) is 9.59 Å². The van der Waals surface area contributed by atoms with E-state index < -0.39 is 23.6 Å². The van der Waals surface area contributed by atoms with Crippen LogP contribution in [-0.2, 0) is 9.53 Å². The summed E-state index contributed by atoms with van der Waals surface area (Å²) in [5.74, 6) is -1.84. The number of amides is 1. The van der Waals surface area contributed by atoms with Crippen LogP contribution in [0.15, 0.2) is 18.2 Å². The lowest BCUT2D eigenvalue weighted by atomic mass is 10.1. The predicted octanol–water partition coefficient (Wildman–Crippen LogP) is 3.44. The minimum Gasteiger partial charge on any atom is -0.478 e. The third kappa shape index (κ3) is 6.37. The monoisotopic (exact) mass is 323 g/mol. The molecule has 7 heteroatoms. The van der Waals surface area contributed by atoms with Crippen molar-refractivity contribution in [1.29, 1.82) is 0 Å². The average Bonchev–Trinajstić information content (AvgIpc) is 2.38. The molecular weight excluding hydrogens is 302 g/mol. The van der Waals surface area contributed by atoms with Crippen LogP contribution in [0.25, 0.3) is 0 Å². The van der Waals surface area contributed by atoms with Crippen LogP contribution in [0, 0.1) is 0 Å². The van der Waals surface area contributed by atoms with Gasteiger partial charge in [-0.15, -0.1) is 0 Å². The van der Waals surface area contributed by atoms with E-state index in [2.05, 4.69) is 5.32 Å². The Labute approximate surface area is 134 Å². The van der Waals surface area contributed by atoms with Crippen molar-refractivity contribution < 1.29 is 29.0 Å². The second-order valence-electron chi connectivity index (χ2n) is 5.87. The first-order valence-electron chi connectivity index (χ1n) is 7.20. The predicted molar refractivity (Wildman–Crippen MR) is 83.8 cm³/mol. The number of hydrogen-bond acceptors (Lipinski definition) is 5. The van der Waals surface area contributed by atoms with E-state index in [4.69, 9.17) is 9.47 Å². The molecule has 0 fully saturated rings. The molecule has 1 amide bonds. The summed E-state index contributed by atoms with van der Waals surface area (Å²) in [7, 11) is 0. The van der Waals surface area contributed by atoms with Gasteiger partial charge in [0.25, 0.3) is 0 Å². The molecule has 126 valence electrons. The van der Waals surface area contributed by atoms with Crippen molar-refractivity contribution in [3.8, 4) is 5.75 Å². The van der Waals surface area contributed by atoms with Crippen molar-refractivity contribution >= 4 is 23.7 Å². The lowest BCUT2D eigenvalue weighted by Crippen LogP contribution is -2.27. The molecule has 0 radical (unpaired) electrons. The molecule has 0 aromatic heterocycles. The largest absolute Gasteiger partial charge is 0.478 e. The van der Waals surface area contributed by atoms with Gasteiger partial charge in [0, 0.05) is 12.1 Å². The van der Waals surface area contributed by atoms with Crippen LogP contribution in [0.3, 0.4) is 0 Å². The number of carboxylic acids is 1. The number of ether oxygens (including phenoxy) is 2. The van der Waals surface area contributed by atoms with E-state index in [0.29, 0.717) is 6.42 Å². The molecule has 1 rings (SSSR count). The van der Waals surface area contributed by atoms with Gasteiger partial charge in [0.15, 0.2) is 0 Å². The summed E-state index contributed by atoms with van der Waals surface area (Å²) >= 11 is 0. The van der Waals surface area contributed by atoms with E-state index >= 15 is 0 Å². The first-order valence-corrected chi connectivity index (χ1v) is 7.20. The third-order valence-corrected chi connectivity index (χ3v) is 2.53. The van der Waals surface area contributed by atoms with Crippen molar-refractivity contribution in [3.63, 3.8) is 0 Å². The van der Waals surface area contributed by atoms with Gasteiger partial charge in [-0.05, 0) is 45.4 Å². The summed E-state index contributed by atoms with van der Waals surface area (Å²) < 4.78 is 10.1. The van der Waals surface area contributed by atoms with E-state index in [1.54, 1.807) is 20.8 Å². The van der Waals surface area contributed by atoms with E-state index in [9.17, 15) is 19.5 Å². The Morgan fingerprint density at radius 2 is 1.87 bits per heavy atom. The average molecular weight is 323 g/mol. The van der Waals surface area contributed by atoms with Crippen molar-refractivity contribution in [1.82, 2.24) is 0 Å². The number of hydrogen-bond donors (Lipinski definition) is 2. The maximum absolute atomic E-state index is 11.7. The molecule has 1 aromatic carbocycles. The topological polar surface area (TPSA) is 102 Å². The Morgan fingerprint density at radius 1 is 1.22 bits per heavy atom. The number of benzene rings is 1. The fourth-order valence-electron chi connectivity index (χ4n) is 1.66. The highest BCUT2D eigenvalue weighted by atomic mass is 16.6. The molecule has 0 aliphatic rings. The summed E-state index contributed by atoms with van der Waals surface area (Å²) in [4.78, 5) is 34.5. The molecule has 23 heavy (non-hydrogen) atoms. The van der Waals surface area contributed by atoms with E-state index in [1.807, 2.05) is 6.92 Å². The van der Waals surface area contributed by atoms with Crippen LogP contribution < -0.4 is 10.1 Å². The van der Waals surface area contributed by atoms with Gasteiger partial charge < -0.3 is 14.6 Å². The fraction of sp³-hybridized carbons (Fsp3) is 0.438. The lowest BCUT2D eigenvalue weighted by Gasteiger charge is -2.19. The molecule has 0 spiro atoms. The zero-order valence-electron chi connectivity index (χ0n) is 13.6. The van der Waals surface area contributed by atoms with Gasteiger partial charge in [-0.1, -0.05) is 6.92 Å². The Kier molecular flexibility index (Phi) is 6.12. The van der Waals surface area contributed by atoms with Crippen LogP contribution in [0.2, 0.25) is 0 Å². The maximum Gasteiger partial charge on any atom is 0.412 e. The molecule has 2 N–H and O–H groups in total. The zero-order chi connectivity index (χ0) is 17.6. The molecular formula is C16H21NO6. The normalized spacial score (nSPS) is 10.8. The standard InChI is InChI=1S/C16H21NO6/c1-5-6-13(18)22-12-8-7-10(9-11(12)14(19)20)17-15(21)23-16(2,3)4/h7-9H,5-6H2,1-4H3,(H,17,21)(H,19,20). The van der Waals surface area contributed by atoms with Gasteiger partial charge in [0.05, 0.1) is 0 Å². The van der Waals surface area contributed by atoms with Gasteiger partial charge in [-0.3, -0.25) is 10.1 Å². The molecule has 0 aliphatic carbocycles. The van der Waals surface area contributed by atoms with Crippen molar-refractivity contribution in [3.05, 3.63) is 23.8 Å². The molecule has 0 aliphatic heterocycles. The third-order valence-electron chi connectivity index (χ3n) is 2.53. The number of nitrogens with one attached hydrogen (secondary N) is 1. The molecule has 0 bridgehead atoms. The molecule has 0 unspecified atom stereocenters. The van der Waals surface area contributed by atoms with Crippen molar-refractivity contribution in [2.24, 2.45) is 0 Å². The van der Waals surface area contributed by atoms with Crippen LogP contribution in [0.4, 0.5) is 10.5 Å². The highest BCUT2D eigenvalue weighted by Gasteiger charge is 2.19. The second-order valence-corrected chi connectivity index (χ2v) is 5.87. The van der Waals surface area contributed by atoms with Crippen molar-refractivity contribution in [2.75, 3.05) is 5.32 Å². The Hall–Kier alpha value is -2.57. The Balaban J connectivity index is 2.93. The minimum absolute atomic E-state index is 0.0642. The molecule has 0 saturated carbocycles. The van der Waals surface area contributed by atoms with Crippen LogP contribution in [-0.4, -0.2) is 28.7 Å². The van der Waals surface area contributed by atoms with Crippen LogP contribution in [0.1, 0.15) is 50.9 Å². The zero-order valence-corrected chi connectivity index (χ0v) is 13.6. The summed E-state index contributed by atoms with van der Waals surface area (Å²) in [5.41, 5.74) is -0.662. The first-order chi connectivity index (χ1) is 10.6. The number of rotatable bonds is 5. The molecule has 1 aromatic rings. The quantitative estimate of drug-likeness (QED) is 0.635. The van der Waals surface area contributed by atoms with Crippen LogP contribution >= 0.6 is 0 Å². The summed E-state index contributed by atoms with van der Waals surface area (Å²) in [6, 6.07) is 3.97. The number of esters is 1. The Bertz CT molecular complexity index is 603. The first kappa shape index (κ1) is 18.5. The summed E-state index contributed by atoms with van der Waals surface area (Å²) in [6.45, 7) is 6.95. The second kappa shape index (κ2) is 7.62. The number of aromatic carboxylic acids is 1. The van der Waals surface area contributed by atoms with Gasteiger partial charge in [0.1, 0.15) is 16.9 Å². The number of anilines is 1. The minimum atomic E-state index is -1.27. The van der Waals surface area contributed by atoms with Crippen LogP contribution in [0.5, 0.6) is 5.75 Å². The summed E-state index contributed by atoms with van der Waals surface area (Å²) in [5, 5.41) is 11.7. The number of carboxylic acid groups (broad SMARTS) is 1. The molecule has 0 heterocycles. The van der Waals surface area contributed by atoms with Crippen molar-refractivity contribution in [2.45, 2.75) is 46.1 Å². The van der Waals surface area contributed by atoms with Gasteiger partial charge >= 0.3 is 18.0 Å². The SMILES string of the molecule is CCCC(=O)Oc1ccc(NC(=O)OC(C)(C)C)cc1C(=O)O. The Morgan fingerprint density at radius 3 is 2.39 bits per heavy atom. The molecule has 0 saturated heterocycles.